The second-order valence-electron chi connectivity index (χ2n) is 3.17. The van der Waals surface area contributed by atoms with Crippen LogP contribution in [0.15, 0.2) is 28.7 Å². The van der Waals surface area contributed by atoms with Gasteiger partial charge in [-0.15, -0.1) is 0 Å². The topological polar surface area (TPSA) is 72.2 Å². The molecule has 0 spiro atoms. The van der Waals surface area contributed by atoms with E-state index < -0.39 is 10.0 Å². The van der Waals surface area contributed by atoms with E-state index in [1.165, 1.54) is 0 Å². The van der Waals surface area contributed by atoms with Crippen molar-refractivity contribution >= 4 is 26.0 Å². The lowest BCUT2D eigenvalue weighted by Gasteiger charge is -2.04. The highest BCUT2D eigenvalue weighted by atomic mass is 79.9. The summed E-state index contributed by atoms with van der Waals surface area (Å²) < 4.78 is 22.3. The first-order valence-electron chi connectivity index (χ1n) is 4.43. The van der Waals surface area contributed by atoms with Crippen LogP contribution in [0.25, 0.3) is 0 Å². The van der Waals surface area contributed by atoms with Crippen LogP contribution in [-0.2, 0) is 16.6 Å². The lowest BCUT2D eigenvalue weighted by Crippen LogP contribution is -2.26. The molecule has 3 N–H and O–H groups in total. The molecule has 1 aromatic rings. The Labute approximate surface area is 98.0 Å². The number of sulfonamides is 1. The SMILES string of the molecule is NS(=O)(=O)CCNCc1cccc(Br)c1. The summed E-state index contributed by atoms with van der Waals surface area (Å²) in [5.41, 5.74) is 1.10. The minimum absolute atomic E-state index is 0.0407. The van der Waals surface area contributed by atoms with Gasteiger partial charge in [0.05, 0.1) is 5.75 Å². The van der Waals surface area contributed by atoms with E-state index in [1.807, 2.05) is 24.3 Å². The van der Waals surface area contributed by atoms with Crippen LogP contribution in [-0.4, -0.2) is 20.7 Å². The third-order valence-electron chi connectivity index (χ3n) is 1.78. The average molecular weight is 293 g/mol. The van der Waals surface area contributed by atoms with Gasteiger partial charge in [0, 0.05) is 17.6 Å². The highest BCUT2D eigenvalue weighted by Crippen LogP contribution is 2.10. The second-order valence-corrected chi connectivity index (χ2v) is 5.82. The van der Waals surface area contributed by atoms with Crippen LogP contribution < -0.4 is 10.5 Å². The molecule has 4 nitrogen and oxygen atoms in total. The number of primary sulfonamides is 1. The zero-order chi connectivity index (χ0) is 11.3. The van der Waals surface area contributed by atoms with Gasteiger partial charge in [-0.25, -0.2) is 13.6 Å². The van der Waals surface area contributed by atoms with Crippen LogP contribution in [0.3, 0.4) is 0 Å². The molecule has 0 saturated carbocycles. The molecule has 0 fully saturated rings. The minimum Gasteiger partial charge on any atom is -0.312 e. The molecule has 0 atom stereocenters. The summed E-state index contributed by atoms with van der Waals surface area (Å²) in [4.78, 5) is 0. The Morgan fingerprint density at radius 1 is 1.40 bits per heavy atom. The van der Waals surface area contributed by atoms with Crippen LogP contribution in [0, 0.1) is 0 Å². The molecule has 0 saturated heterocycles. The third kappa shape index (κ3) is 5.88. The predicted octanol–water partition coefficient (Wildman–Crippen LogP) is 0.827. The van der Waals surface area contributed by atoms with E-state index >= 15 is 0 Å². The summed E-state index contributed by atoms with van der Waals surface area (Å²) >= 11 is 3.36. The van der Waals surface area contributed by atoms with Gasteiger partial charge in [-0.3, -0.25) is 0 Å². The van der Waals surface area contributed by atoms with Gasteiger partial charge in [-0.05, 0) is 17.7 Å². The number of nitrogens with two attached hydrogens (primary N) is 1. The summed E-state index contributed by atoms with van der Waals surface area (Å²) in [5, 5.41) is 7.87. The Bertz CT molecular complexity index is 420. The fourth-order valence-corrected chi connectivity index (χ4v) is 1.97. The maximum absolute atomic E-state index is 10.6. The average Bonchev–Trinajstić information content (AvgIpc) is 2.11. The van der Waals surface area contributed by atoms with Gasteiger partial charge in [0.2, 0.25) is 10.0 Å². The third-order valence-corrected chi connectivity index (χ3v) is 3.05. The van der Waals surface area contributed by atoms with Crippen LogP contribution in [0.2, 0.25) is 0 Å². The van der Waals surface area contributed by atoms with Crippen molar-refractivity contribution in [3.8, 4) is 0 Å². The molecule has 0 aliphatic rings. The molecule has 1 rings (SSSR count). The van der Waals surface area contributed by atoms with Gasteiger partial charge in [0.15, 0.2) is 0 Å². The zero-order valence-electron chi connectivity index (χ0n) is 8.11. The lowest BCUT2D eigenvalue weighted by molar-refractivity contribution is 0.592. The van der Waals surface area contributed by atoms with Crippen molar-refractivity contribution in [1.82, 2.24) is 5.32 Å². The Morgan fingerprint density at radius 2 is 2.13 bits per heavy atom. The molecule has 0 unspecified atom stereocenters. The van der Waals surface area contributed by atoms with Crippen LogP contribution in [0.5, 0.6) is 0 Å². The standard InChI is InChI=1S/C9H13BrN2O2S/c10-9-3-1-2-8(6-9)7-12-4-5-15(11,13)14/h1-3,6,12H,4-5,7H2,(H2,11,13,14). The van der Waals surface area contributed by atoms with E-state index in [2.05, 4.69) is 21.2 Å². The zero-order valence-corrected chi connectivity index (χ0v) is 10.5. The van der Waals surface area contributed by atoms with E-state index in [4.69, 9.17) is 5.14 Å². The monoisotopic (exact) mass is 292 g/mol. The molecule has 15 heavy (non-hydrogen) atoms. The predicted molar refractivity (Wildman–Crippen MR) is 63.8 cm³/mol. The highest BCUT2D eigenvalue weighted by Gasteiger charge is 2.01. The first-order valence-corrected chi connectivity index (χ1v) is 6.94. The summed E-state index contributed by atoms with van der Waals surface area (Å²) in [6, 6.07) is 7.81. The van der Waals surface area contributed by atoms with Crippen molar-refractivity contribution in [2.24, 2.45) is 5.14 Å². The molecule has 0 bridgehead atoms. The normalized spacial score (nSPS) is 11.6. The number of halogens is 1. The summed E-state index contributed by atoms with van der Waals surface area (Å²) in [6.07, 6.45) is 0. The number of benzene rings is 1. The quantitative estimate of drug-likeness (QED) is 0.790. The molecule has 6 heteroatoms. The summed E-state index contributed by atoms with van der Waals surface area (Å²) in [6.45, 7) is 1.00. The van der Waals surface area contributed by atoms with Gasteiger partial charge in [0.1, 0.15) is 0 Å². The molecule has 0 heterocycles. The summed E-state index contributed by atoms with van der Waals surface area (Å²) in [7, 11) is -3.36. The molecule has 0 aliphatic heterocycles. The maximum atomic E-state index is 10.6. The van der Waals surface area contributed by atoms with E-state index in [0.29, 0.717) is 13.1 Å². The number of hydrogen-bond acceptors (Lipinski definition) is 3. The fraction of sp³-hybridized carbons (Fsp3) is 0.333. The number of nitrogens with one attached hydrogen (secondary N) is 1. The number of rotatable bonds is 5. The van der Waals surface area contributed by atoms with Gasteiger partial charge < -0.3 is 5.32 Å². The molecular formula is C9H13BrN2O2S. The largest absolute Gasteiger partial charge is 0.312 e. The van der Waals surface area contributed by atoms with Gasteiger partial charge >= 0.3 is 0 Å². The van der Waals surface area contributed by atoms with Crippen molar-refractivity contribution in [2.45, 2.75) is 6.54 Å². The Balaban J connectivity index is 2.32. The molecular weight excluding hydrogens is 280 g/mol. The van der Waals surface area contributed by atoms with E-state index in [0.717, 1.165) is 10.0 Å². The molecule has 1 aromatic carbocycles. The number of hydrogen-bond donors (Lipinski definition) is 2. The smallest absolute Gasteiger partial charge is 0.210 e. The van der Waals surface area contributed by atoms with Crippen LogP contribution in [0.1, 0.15) is 5.56 Å². The molecule has 84 valence electrons. The van der Waals surface area contributed by atoms with E-state index in [-0.39, 0.29) is 5.75 Å². The highest BCUT2D eigenvalue weighted by molar-refractivity contribution is 9.10. The first kappa shape index (κ1) is 12.6. The second kappa shape index (κ2) is 5.60. The van der Waals surface area contributed by atoms with Crippen molar-refractivity contribution < 1.29 is 8.42 Å². The van der Waals surface area contributed by atoms with E-state index in [1.54, 1.807) is 0 Å². The molecule has 0 radical (unpaired) electrons. The van der Waals surface area contributed by atoms with Crippen molar-refractivity contribution in [2.75, 3.05) is 12.3 Å². The fourth-order valence-electron chi connectivity index (χ4n) is 1.09. The molecule has 0 aliphatic carbocycles. The van der Waals surface area contributed by atoms with Crippen molar-refractivity contribution in [1.29, 1.82) is 0 Å². The minimum atomic E-state index is -3.36. The van der Waals surface area contributed by atoms with Crippen molar-refractivity contribution in [3.05, 3.63) is 34.3 Å². The Kier molecular flexibility index (Phi) is 4.72. The van der Waals surface area contributed by atoms with Crippen molar-refractivity contribution in [3.63, 3.8) is 0 Å². The van der Waals surface area contributed by atoms with Gasteiger partial charge in [-0.2, -0.15) is 0 Å². The Hall–Kier alpha value is -0.430. The lowest BCUT2D eigenvalue weighted by atomic mass is 10.2. The van der Waals surface area contributed by atoms with Gasteiger partial charge in [-0.1, -0.05) is 28.1 Å². The van der Waals surface area contributed by atoms with E-state index in [9.17, 15) is 8.42 Å². The molecule has 0 aromatic heterocycles. The first-order chi connectivity index (χ1) is 6.97. The van der Waals surface area contributed by atoms with Crippen LogP contribution >= 0.6 is 15.9 Å². The van der Waals surface area contributed by atoms with Crippen LogP contribution in [0.4, 0.5) is 0 Å². The Morgan fingerprint density at radius 3 is 2.73 bits per heavy atom. The summed E-state index contributed by atoms with van der Waals surface area (Å²) in [5.74, 6) is -0.0407. The molecule has 0 amide bonds. The van der Waals surface area contributed by atoms with Gasteiger partial charge in [0.25, 0.3) is 0 Å². The maximum Gasteiger partial charge on any atom is 0.210 e.